The van der Waals surface area contributed by atoms with E-state index in [0.29, 0.717) is 12.1 Å². The van der Waals surface area contributed by atoms with Gasteiger partial charge in [0.1, 0.15) is 0 Å². The minimum Gasteiger partial charge on any atom is -0.385 e. The molecule has 1 aromatic rings. The van der Waals surface area contributed by atoms with E-state index in [2.05, 4.69) is 24.1 Å². The van der Waals surface area contributed by atoms with Crippen LogP contribution in [-0.4, -0.2) is 24.7 Å². The zero-order valence-electron chi connectivity index (χ0n) is 9.73. The highest BCUT2D eigenvalue weighted by Crippen LogP contribution is 2.11. The third kappa shape index (κ3) is 4.40. The summed E-state index contributed by atoms with van der Waals surface area (Å²) in [5.74, 6) is 0. The van der Waals surface area contributed by atoms with Gasteiger partial charge in [-0.1, -0.05) is 0 Å². The van der Waals surface area contributed by atoms with Crippen molar-refractivity contribution >= 4 is 0 Å². The fourth-order valence-corrected chi connectivity index (χ4v) is 1.55. The summed E-state index contributed by atoms with van der Waals surface area (Å²) in [6, 6.07) is 4.91. The van der Waals surface area contributed by atoms with Crippen molar-refractivity contribution in [1.82, 2.24) is 10.3 Å². The number of hydrogen-bond acceptors (Lipinski definition) is 3. The molecule has 1 heterocycles. The molecule has 0 aliphatic heterocycles. The summed E-state index contributed by atoms with van der Waals surface area (Å²) < 4.78 is 5.05. The number of methoxy groups -OCH3 is 1. The zero-order chi connectivity index (χ0) is 11.1. The minimum atomic E-state index is 0.361. The summed E-state index contributed by atoms with van der Waals surface area (Å²) in [6.45, 7) is 5.15. The standard InChI is InChI=1S/C12H20N2O/c1-10(6-9-15-3)14-11(2)12-4-7-13-8-5-12/h4-5,7-8,10-11,14H,6,9H2,1-3H3/t10?,11-/m0/s1. The van der Waals surface area contributed by atoms with Gasteiger partial charge in [0.15, 0.2) is 0 Å². The third-order valence-corrected chi connectivity index (χ3v) is 2.50. The van der Waals surface area contributed by atoms with Crippen LogP contribution in [0.5, 0.6) is 0 Å². The quantitative estimate of drug-likeness (QED) is 0.778. The van der Waals surface area contributed by atoms with Gasteiger partial charge in [-0.05, 0) is 38.0 Å². The highest BCUT2D eigenvalue weighted by atomic mass is 16.5. The average Bonchev–Trinajstić information content (AvgIpc) is 2.27. The van der Waals surface area contributed by atoms with Crippen LogP contribution in [0.2, 0.25) is 0 Å². The van der Waals surface area contributed by atoms with Crippen molar-refractivity contribution in [2.75, 3.05) is 13.7 Å². The molecule has 0 spiro atoms. The topological polar surface area (TPSA) is 34.1 Å². The molecule has 0 saturated carbocycles. The molecule has 0 bridgehead atoms. The Hall–Kier alpha value is -0.930. The molecule has 15 heavy (non-hydrogen) atoms. The second-order valence-corrected chi connectivity index (χ2v) is 3.85. The Balaban J connectivity index is 2.38. The minimum absolute atomic E-state index is 0.361. The van der Waals surface area contributed by atoms with Crippen molar-refractivity contribution in [2.24, 2.45) is 0 Å². The lowest BCUT2D eigenvalue weighted by molar-refractivity contribution is 0.183. The summed E-state index contributed by atoms with van der Waals surface area (Å²) in [4.78, 5) is 4.01. The van der Waals surface area contributed by atoms with Crippen LogP contribution in [0.3, 0.4) is 0 Å². The van der Waals surface area contributed by atoms with Crippen molar-refractivity contribution in [3.8, 4) is 0 Å². The molecule has 0 aliphatic rings. The maximum Gasteiger partial charge on any atom is 0.0476 e. The molecule has 0 radical (unpaired) electrons. The number of pyridine rings is 1. The van der Waals surface area contributed by atoms with Crippen LogP contribution in [0.15, 0.2) is 24.5 Å². The predicted molar refractivity (Wildman–Crippen MR) is 61.7 cm³/mol. The van der Waals surface area contributed by atoms with Crippen LogP contribution in [-0.2, 0) is 4.74 Å². The molecule has 0 amide bonds. The van der Waals surface area contributed by atoms with Crippen LogP contribution in [0, 0.1) is 0 Å². The maximum atomic E-state index is 5.05. The summed E-state index contributed by atoms with van der Waals surface area (Å²) in [5, 5.41) is 3.52. The van der Waals surface area contributed by atoms with Gasteiger partial charge in [-0.25, -0.2) is 0 Å². The van der Waals surface area contributed by atoms with E-state index in [1.807, 2.05) is 24.5 Å². The summed E-state index contributed by atoms with van der Waals surface area (Å²) in [6.07, 6.45) is 4.69. The van der Waals surface area contributed by atoms with Crippen LogP contribution >= 0.6 is 0 Å². The SMILES string of the molecule is COCCC(C)N[C@@H](C)c1ccncc1. The van der Waals surface area contributed by atoms with E-state index in [1.165, 1.54) is 5.56 Å². The number of nitrogens with one attached hydrogen (secondary N) is 1. The number of aromatic nitrogens is 1. The van der Waals surface area contributed by atoms with Crippen LogP contribution in [0.4, 0.5) is 0 Å². The summed E-state index contributed by atoms with van der Waals surface area (Å²) >= 11 is 0. The molecule has 0 saturated heterocycles. The molecule has 1 aromatic heterocycles. The maximum absolute atomic E-state index is 5.05. The Morgan fingerprint density at radius 2 is 2.00 bits per heavy atom. The van der Waals surface area contributed by atoms with Crippen molar-refractivity contribution in [3.05, 3.63) is 30.1 Å². The Labute approximate surface area is 91.9 Å². The van der Waals surface area contributed by atoms with E-state index in [9.17, 15) is 0 Å². The molecular formula is C12H20N2O. The van der Waals surface area contributed by atoms with Gasteiger partial charge in [-0.2, -0.15) is 0 Å². The molecule has 3 heteroatoms. The Morgan fingerprint density at radius 1 is 1.33 bits per heavy atom. The summed E-state index contributed by atoms with van der Waals surface area (Å²) in [5.41, 5.74) is 1.27. The molecule has 0 aliphatic carbocycles. The van der Waals surface area contributed by atoms with Gasteiger partial charge in [0.2, 0.25) is 0 Å². The molecule has 2 atom stereocenters. The Kier molecular flexibility index (Phi) is 5.29. The molecule has 1 rings (SSSR count). The highest BCUT2D eigenvalue weighted by molar-refractivity contribution is 5.14. The van der Waals surface area contributed by atoms with Crippen molar-refractivity contribution in [3.63, 3.8) is 0 Å². The normalized spacial score (nSPS) is 14.9. The molecule has 84 valence electrons. The Morgan fingerprint density at radius 3 is 2.60 bits per heavy atom. The van der Waals surface area contributed by atoms with Gasteiger partial charge in [-0.15, -0.1) is 0 Å². The van der Waals surface area contributed by atoms with E-state index in [-0.39, 0.29) is 0 Å². The van der Waals surface area contributed by atoms with E-state index >= 15 is 0 Å². The fraction of sp³-hybridized carbons (Fsp3) is 0.583. The lowest BCUT2D eigenvalue weighted by Gasteiger charge is -2.19. The molecular weight excluding hydrogens is 188 g/mol. The molecule has 1 N–H and O–H groups in total. The smallest absolute Gasteiger partial charge is 0.0476 e. The van der Waals surface area contributed by atoms with E-state index in [1.54, 1.807) is 7.11 Å². The third-order valence-electron chi connectivity index (χ3n) is 2.50. The van der Waals surface area contributed by atoms with Crippen LogP contribution in [0.1, 0.15) is 31.9 Å². The van der Waals surface area contributed by atoms with Crippen molar-refractivity contribution in [1.29, 1.82) is 0 Å². The number of ether oxygens (including phenoxy) is 1. The van der Waals surface area contributed by atoms with Crippen LogP contribution < -0.4 is 5.32 Å². The fourth-order valence-electron chi connectivity index (χ4n) is 1.55. The monoisotopic (exact) mass is 208 g/mol. The van der Waals surface area contributed by atoms with Gasteiger partial charge in [0, 0.05) is 38.2 Å². The zero-order valence-corrected chi connectivity index (χ0v) is 9.73. The predicted octanol–water partition coefficient (Wildman–Crippen LogP) is 2.16. The Bertz CT molecular complexity index is 264. The van der Waals surface area contributed by atoms with Crippen LogP contribution in [0.25, 0.3) is 0 Å². The van der Waals surface area contributed by atoms with Crippen molar-refractivity contribution < 1.29 is 4.74 Å². The van der Waals surface area contributed by atoms with E-state index < -0.39 is 0 Å². The van der Waals surface area contributed by atoms with E-state index in [4.69, 9.17) is 4.74 Å². The first-order valence-electron chi connectivity index (χ1n) is 5.39. The van der Waals surface area contributed by atoms with Gasteiger partial charge in [0.25, 0.3) is 0 Å². The average molecular weight is 208 g/mol. The van der Waals surface area contributed by atoms with Gasteiger partial charge >= 0.3 is 0 Å². The molecule has 0 aromatic carbocycles. The van der Waals surface area contributed by atoms with Gasteiger partial charge in [0.05, 0.1) is 0 Å². The number of nitrogens with zero attached hydrogens (tertiary/aromatic N) is 1. The second-order valence-electron chi connectivity index (χ2n) is 3.85. The molecule has 3 nitrogen and oxygen atoms in total. The van der Waals surface area contributed by atoms with E-state index in [0.717, 1.165) is 13.0 Å². The first-order valence-corrected chi connectivity index (χ1v) is 5.39. The number of rotatable bonds is 6. The van der Waals surface area contributed by atoms with Gasteiger partial charge < -0.3 is 10.1 Å². The lowest BCUT2D eigenvalue weighted by Crippen LogP contribution is -2.29. The first-order chi connectivity index (χ1) is 7.24. The van der Waals surface area contributed by atoms with Crippen molar-refractivity contribution in [2.45, 2.75) is 32.4 Å². The highest BCUT2D eigenvalue weighted by Gasteiger charge is 2.08. The second kappa shape index (κ2) is 6.53. The first kappa shape index (κ1) is 12.1. The largest absolute Gasteiger partial charge is 0.385 e. The van der Waals surface area contributed by atoms with Gasteiger partial charge in [-0.3, -0.25) is 4.98 Å². The number of hydrogen-bond donors (Lipinski definition) is 1. The summed E-state index contributed by atoms with van der Waals surface area (Å²) in [7, 11) is 1.74. The molecule has 1 unspecified atom stereocenters. The molecule has 0 fully saturated rings. The lowest BCUT2D eigenvalue weighted by atomic mass is 10.1.